The Bertz CT molecular complexity index is 1170. The number of hydrogen-bond donors (Lipinski definition) is 1. The molecule has 168 valence electrons. The van der Waals surface area contributed by atoms with E-state index in [0.29, 0.717) is 42.2 Å². The predicted octanol–water partition coefficient (Wildman–Crippen LogP) is 4.27. The van der Waals surface area contributed by atoms with Gasteiger partial charge in [0, 0.05) is 6.54 Å². The molecule has 1 aliphatic heterocycles. The summed E-state index contributed by atoms with van der Waals surface area (Å²) >= 11 is 1.56. The van der Waals surface area contributed by atoms with Crippen molar-refractivity contribution < 1.29 is 19.1 Å². The number of carbonyl (C=O) groups is 2. The van der Waals surface area contributed by atoms with Gasteiger partial charge < -0.3 is 14.8 Å². The number of aromatic nitrogens is 2. The fourth-order valence-electron chi connectivity index (χ4n) is 3.84. The molecular weight excluding hydrogens is 426 g/mol. The second kappa shape index (κ2) is 8.43. The lowest BCUT2D eigenvalue weighted by molar-refractivity contribution is 0.0597. The number of amides is 1. The van der Waals surface area contributed by atoms with Crippen LogP contribution in [0.4, 0.5) is 0 Å². The van der Waals surface area contributed by atoms with Crippen molar-refractivity contribution in [2.24, 2.45) is 5.41 Å². The van der Waals surface area contributed by atoms with Crippen LogP contribution in [-0.4, -0.2) is 42.2 Å². The SMILES string of the molecule is COC(=O)c1cc2c(cc1OC)CCc1c(C(=O)NCC(C)(C)C)nc(-c3cccs3)n1-2. The van der Waals surface area contributed by atoms with E-state index in [1.54, 1.807) is 17.4 Å². The number of imidazole rings is 1. The Kier molecular flexibility index (Phi) is 5.81. The van der Waals surface area contributed by atoms with E-state index in [0.717, 1.165) is 21.8 Å². The molecule has 0 atom stereocenters. The van der Waals surface area contributed by atoms with E-state index in [1.807, 2.05) is 28.1 Å². The van der Waals surface area contributed by atoms with Crippen LogP contribution in [0.1, 0.15) is 52.9 Å². The number of aryl methyl sites for hydroxylation is 1. The second-order valence-electron chi connectivity index (χ2n) is 8.96. The Morgan fingerprint density at radius 1 is 1.22 bits per heavy atom. The second-order valence-corrected chi connectivity index (χ2v) is 9.91. The summed E-state index contributed by atoms with van der Waals surface area (Å²) in [5, 5.41) is 5.00. The lowest BCUT2D eigenvalue weighted by atomic mass is 9.96. The summed E-state index contributed by atoms with van der Waals surface area (Å²) in [5.74, 6) is 0.507. The number of benzene rings is 1. The first kappa shape index (κ1) is 22.1. The molecule has 8 heteroatoms. The topological polar surface area (TPSA) is 82.4 Å². The Balaban J connectivity index is 1.89. The van der Waals surface area contributed by atoms with Gasteiger partial charge in [-0.2, -0.15) is 0 Å². The van der Waals surface area contributed by atoms with E-state index in [9.17, 15) is 9.59 Å². The summed E-state index contributed by atoms with van der Waals surface area (Å²) in [6, 6.07) is 7.59. The molecule has 3 aromatic rings. The van der Waals surface area contributed by atoms with Gasteiger partial charge >= 0.3 is 5.97 Å². The highest BCUT2D eigenvalue weighted by atomic mass is 32.1. The largest absolute Gasteiger partial charge is 0.496 e. The summed E-state index contributed by atoms with van der Waals surface area (Å²) in [6.07, 6.45) is 1.37. The third-order valence-electron chi connectivity index (χ3n) is 5.39. The molecule has 32 heavy (non-hydrogen) atoms. The average molecular weight is 454 g/mol. The van der Waals surface area contributed by atoms with Crippen molar-refractivity contribution in [1.29, 1.82) is 0 Å². The molecule has 0 aliphatic carbocycles. The van der Waals surface area contributed by atoms with Crippen LogP contribution in [0.5, 0.6) is 5.75 Å². The molecule has 0 spiro atoms. The van der Waals surface area contributed by atoms with E-state index in [-0.39, 0.29) is 11.3 Å². The molecule has 0 unspecified atom stereocenters. The van der Waals surface area contributed by atoms with Gasteiger partial charge in [0.2, 0.25) is 0 Å². The van der Waals surface area contributed by atoms with Gasteiger partial charge in [-0.05, 0) is 47.4 Å². The molecule has 3 heterocycles. The monoisotopic (exact) mass is 453 g/mol. The number of carbonyl (C=O) groups excluding carboxylic acids is 2. The number of esters is 1. The number of nitrogens with zero attached hydrogens (tertiary/aromatic N) is 2. The van der Waals surface area contributed by atoms with Crippen LogP contribution in [0, 0.1) is 5.41 Å². The number of fused-ring (bicyclic) bond motifs is 3. The van der Waals surface area contributed by atoms with E-state index >= 15 is 0 Å². The molecule has 0 saturated carbocycles. The fraction of sp³-hybridized carbons (Fsp3) is 0.375. The number of rotatable bonds is 5. The Morgan fingerprint density at radius 3 is 2.62 bits per heavy atom. The van der Waals surface area contributed by atoms with Crippen molar-refractivity contribution in [3.05, 3.63) is 52.2 Å². The first-order valence-electron chi connectivity index (χ1n) is 10.5. The van der Waals surface area contributed by atoms with Crippen LogP contribution in [0.25, 0.3) is 16.4 Å². The van der Waals surface area contributed by atoms with Gasteiger partial charge in [-0.25, -0.2) is 9.78 Å². The molecular formula is C24H27N3O4S. The predicted molar refractivity (Wildman–Crippen MR) is 124 cm³/mol. The first-order valence-corrected chi connectivity index (χ1v) is 11.3. The molecule has 2 aromatic heterocycles. The Labute approximate surface area is 191 Å². The van der Waals surface area contributed by atoms with Crippen LogP contribution < -0.4 is 10.1 Å². The van der Waals surface area contributed by atoms with Crippen molar-refractivity contribution in [1.82, 2.24) is 14.9 Å². The van der Waals surface area contributed by atoms with Crippen molar-refractivity contribution in [3.8, 4) is 22.1 Å². The molecule has 0 saturated heterocycles. The molecule has 4 rings (SSSR count). The quantitative estimate of drug-likeness (QED) is 0.584. The van der Waals surface area contributed by atoms with Crippen LogP contribution in [-0.2, 0) is 17.6 Å². The van der Waals surface area contributed by atoms with Gasteiger partial charge in [-0.15, -0.1) is 11.3 Å². The van der Waals surface area contributed by atoms with Crippen LogP contribution >= 0.6 is 11.3 Å². The van der Waals surface area contributed by atoms with Gasteiger partial charge in [-0.3, -0.25) is 9.36 Å². The minimum absolute atomic E-state index is 0.0371. The van der Waals surface area contributed by atoms with E-state index in [2.05, 4.69) is 26.1 Å². The minimum Gasteiger partial charge on any atom is -0.496 e. The highest BCUT2D eigenvalue weighted by molar-refractivity contribution is 7.13. The number of ether oxygens (including phenoxy) is 2. The zero-order chi connectivity index (χ0) is 23.0. The third-order valence-corrected chi connectivity index (χ3v) is 6.25. The number of thiophene rings is 1. The third kappa shape index (κ3) is 4.02. The van der Waals surface area contributed by atoms with Gasteiger partial charge in [0.1, 0.15) is 17.0 Å². The van der Waals surface area contributed by atoms with Crippen molar-refractivity contribution in [2.45, 2.75) is 33.6 Å². The molecule has 1 amide bonds. The first-order chi connectivity index (χ1) is 15.2. The molecule has 0 radical (unpaired) electrons. The van der Waals surface area contributed by atoms with Crippen molar-refractivity contribution >= 4 is 23.2 Å². The summed E-state index contributed by atoms with van der Waals surface area (Å²) in [5.41, 5.74) is 3.42. The van der Waals surface area contributed by atoms with Gasteiger partial charge in [0.15, 0.2) is 5.82 Å². The van der Waals surface area contributed by atoms with Crippen LogP contribution in [0.2, 0.25) is 0 Å². The molecule has 1 aliphatic rings. The van der Waals surface area contributed by atoms with Crippen molar-refractivity contribution in [3.63, 3.8) is 0 Å². The smallest absolute Gasteiger partial charge is 0.341 e. The molecule has 0 bridgehead atoms. The summed E-state index contributed by atoms with van der Waals surface area (Å²) in [4.78, 5) is 31.2. The minimum atomic E-state index is -0.474. The van der Waals surface area contributed by atoms with Gasteiger partial charge in [0.25, 0.3) is 5.91 Å². The highest BCUT2D eigenvalue weighted by Gasteiger charge is 2.30. The lowest BCUT2D eigenvalue weighted by Gasteiger charge is -2.23. The summed E-state index contributed by atoms with van der Waals surface area (Å²) in [6.45, 7) is 6.77. The van der Waals surface area contributed by atoms with Crippen LogP contribution in [0.15, 0.2) is 29.6 Å². The van der Waals surface area contributed by atoms with Crippen molar-refractivity contribution in [2.75, 3.05) is 20.8 Å². The van der Waals surface area contributed by atoms with E-state index in [1.165, 1.54) is 14.2 Å². The zero-order valence-electron chi connectivity index (χ0n) is 18.9. The maximum Gasteiger partial charge on any atom is 0.341 e. The maximum atomic E-state index is 13.1. The Hall–Kier alpha value is -3.13. The number of methoxy groups -OCH3 is 2. The fourth-order valence-corrected chi connectivity index (χ4v) is 4.54. The Morgan fingerprint density at radius 2 is 2.00 bits per heavy atom. The van der Waals surface area contributed by atoms with E-state index in [4.69, 9.17) is 14.5 Å². The lowest BCUT2D eigenvalue weighted by Crippen LogP contribution is -2.33. The molecule has 0 fully saturated rings. The average Bonchev–Trinajstić information content (AvgIpc) is 3.43. The maximum absolute atomic E-state index is 13.1. The zero-order valence-corrected chi connectivity index (χ0v) is 19.8. The molecule has 1 N–H and O–H groups in total. The molecule has 7 nitrogen and oxygen atoms in total. The summed E-state index contributed by atoms with van der Waals surface area (Å²) in [7, 11) is 2.88. The summed E-state index contributed by atoms with van der Waals surface area (Å²) < 4.78 is 12.4. The van der Waals surface area contributed by atoms with Gasteiger partial charge in [-0.1, -0.05) is 26.8 Å². The van der Waals surface area contributed by atoms with Crippen LogP contribution in [0.3, 0.4) is 0 Å². The van der Waals surface area contributed by atoms with E-state index < -0.39 is 5.97 Å². The highest BCUT2D eigenvalue weighted by Crippen LogP contribution is 2.37. The number of hydrogen-bond acceptors (Lipinski definition) is 6. The van der Waals surface area contributed by atoms with Gasteiger partial charge in [0.05, 0.1) is 30.5 Å². The normalized spacial score (nSPS) is 12.7. The number of nitrogens with one attached hydrogen (secondary N) is 1. The standard InChI is InChI=1S/C24H27N3O4S/c1-24(2,3)13-25-22(28)20-16-9-8-14-11-18(30-4)15(23(29)31-5)12-17(14)27(16)21(26-20)19-7-6-10-32-19/h6-7,10-12H,8-9,13H2,1-5H3,(H,25,28). The molecule has 1 aromatic carbocycles.